The van der Waals surface area contributed by atoms with E-state index in [1.54, 1.807) is 13.2 Å². The fourth-order valence-corrected chi connectivity index (χ4v) is 5.48. The first-order chi connectivity index (χ1) is 15.1. The van der Waals surface area contributed by atoms with Crippen LogP contribution in [0.2, 0.25) is 0 Å². The van der Waals surface area contributed by atoms with Crippen molar-refractivity contribution in [3.63, 3.8) is 0 Å². The summed E-state index contributed by atoms with van der Waals surface area (Å²) in [6, 6.07) is 14.4. The van der Waals surface area contributed by atoms with Gasteiger partial charge in [0.15, 0.2) is 6.29 Å². The molecule has 2 saturated heterocycles. The number of hydrogen-bond acceptors (Lipinski definition) is 6. The van der Waals surface area contributed by atoms with Gasteiger partial charge in [0.05, 0.1) is 19.2 Å². The molecule has 3 unspecified atom stereocenters. The Balaban J connectivity index is 1.60. The Kier molecular flexibility index (Phi) is 7.15. The maximum atomic E-state index is 9.22. The Morgan fingerprint density at radius 2 is 2.03 bits per heavy atom. The molecule has 0 aliphatic carbocycles. The minimum atomic E-state index is -0.620. The number of thioether (sulfide) groups is 1. The van der Waals surface area contributed by atoms with Crippen LogP contribution in [0.3, 0.4) is 0 Å². The maximum Gasteiger partial charge on any atom is 0.200 e. The molecule has 0 saturated carbocycles. The van der Waals surface area contributed by atoms with Crippen LogP contribution in [-0.4, -0.2) is 43.5 Å². The average Bonchev–Trinajstić information content (AvgIpc) is 2.80. The van der Waals surface area contributed by atoms with Crippen LogP contribution in [0.1, 0.15) is 11.9 Å². The number of methoxy groups -OCH3 is 1. The lowest BCUT2D eigenvalue weighted by Gasteiger charge is -2.47. The van der Waals surface area contributed by atoms with E-state index in [9.17, 15) is 5.53 Å². The number of hydrogen-bond donors (Lipinski definition) is 0. The topological polar surface area (TPSA) is 90.0 Å². The summed E-state index contributed by atoms with van der Waals surface area (Å²) in [5, 5.41) is 4.01. The van der Waals surface area contributed by atoms with E-state index in [-0.39, 0.29) is 6.61 Å². The lowest BCUT2D eigenvalue weighted by molar-refractivity contribution is -0.298. The van der Waals surface area contributed by atoms with E-state index < -0.39 is 36.1 Å². The highest BCUT2D eigenvalue weighted by Gasteiger charge is 2.50. The van der Waals surface area contributed by atoms with Crippen LogP contribution in [0.15, 0.2) is 63.0 Å². The summed E-state index contributed by atoms with van der Waals surface area (Å²) in [7, 11) is 1.55. The van der Waals surface area contributed by atoms with Crippen molar-refractivity contribution in [3.05, 3.63) is 80.4 Å². The molecule has 2 aromatic carbocycles. The van der Waals surface area contributed by atoms with Gasteiger partial charge in [0.25, 0.3) is 0 Å². The first kappa shape index (κ1) is 22.1. The second-order valence-corrected chi connectivity index (χ2v) is 9.01. The van der Waals surface area contributed by atoms with Gasteiger partial charge < -0.3 is 18.9 Å². The molecule has 0 bridgehead atoms. The molecule has 2 fully saturated rings. The molecule has 2 heterocycles. The van der Waals surface area contributed by atoms with Gasteiger partial charge in [0, 0.05) is 27.0 Å². The molecule has 2 aliphatic rings. The SMILES string of the molecule is [C-]#[N+]c1ccc(Br)cc1S[C@H]1OC2COC(c3ccccc3)O[C@@H]2[C@H](N=[N+]=[N-])C1OC. The third kappa shape index (κ3) is 4.73. The molecule has 0 radical (unpaired) electrons. The van der Waals surface area contributed by atoms with Crippen LogP contribution in [-0.2, 0) is 18.9 Å². The second-order valence-electron chi connectivity index (χ2n) is 6.96. The fourth-order valence-electron chi connectivity index (χ4n) is 3.68. The number of rotatable bonds is 5. The zero-order chi connectivity index (χ0) is 21.8. The molecule has 4 rings (SSSR count). The molecule has 6 atom stereocenters. The van der Waals surface area contributed by atoms with E-state index >= 15 is 0 Å². The van der Waals surface area contributed by atoms with Gasteiger partial charge in [-0.1, -0.05) is 63.5 Å². The van der Waals surface area contributed by atoms with E-state index in [0.29, 0.717) is 5.69 Å². The first-order valence-corrected chi connectivity index (χ1v) is 11.2. The molecule has 8 nitrogen and oxygen atoms in total. The van der Waals surface area contributed by atoms with E-state index in [2.05, 4.69) is 30.8 Å². The average molecular weight is 503 g/mol. The number of fused-ring (bicyclic) bond motifs is 1. The molecule has 2 aliphatic heterocycles. The van der Waals surface area contributed by atoms with Gasteiger partial charge in [-0.3, -0.25) is 0 Å². The van der Waals surface area contributed by atoms with Gasteiger partial charge in [0.2, 0.25) is 5.69 Å². The van der Waals surface area contributed by atoms with Gasteiger partial charge in [-0.05, 0) is 11.6 Å². The highest BCUT2D eigenvalue weighted by molar-refractivity contribution is 9.10. The van der Waals surface area contributed by atoms with Crippen molar-refractivity contribution in [2.45, 2.75) is 41.0 Å². The normalized spacial score (nSPS) is 30.0. The minimum absolute atomic E-state index is 0.281. The quantitative estimate of drug-likeness (QED) is 0.229. The maximum absolute atomic E-state index is 9.22. The molecule has 2 aromatic rings. The summed E-state index contributed by atoms with van der Waals surface area (Å²) < 4.78 is 24.9. The fraction of sp³-hybridized carbons (Fsp3) is 0.381. The molecule has 0 spiro atoms. The zero-order valence-electron chi connectivity index (χ0n) is 16.5. The Labute approximate surface area is 192 Å². The number of benzene rings is 2. The van der Waals surface area contributed by atoms with Gasteiger partial charge in [-0.25, -0.2) is 4.85 Å². The van der Waals surface area contributed by atoms with Crippen LogP contribution in [0.4, 0.5) is 5.69 Å². The summed E-state index contributed by atoms with van der Waals surface area (Å²) >= 11 is 4.81. The van der Waals surface area contributed by atoms with Crippen molar-refractivity contribution in [3.8, 4) is 0 Å². The Morgan fingerprint density at radius 3 is 2.74 bits per heavy atom. The van der Waals surface area contributed by atoms with Crippen LogP contribution in [0.25, 0.3) is 15.3 Å². The van der Waals surface area contributed by atoms with Gasteiger partial charge >= 0.3 is 0 Å². The molecule has 0 aromatic heterocycles. The van der Waals surface area contributed by atoms with Gasteiger partial charge in [0.1, 0.15) is 23.7 Å². The molecule has 0 N–H and O–H groups in total. The number of halogens is 1. The number of ether oxygens (including phenoxy) is 4. The number of azide groups is 1. The standard InChI is InChI=1S/C21H19BrN4O4S/c1-24-14-9-8-13(22)10-16(14)31-21-19(27-2)17(25-26-23)18-15(29-21)11-28-20(30-18)12-6-4-3-5-7-12/h3-10,15,17-21H,11H2,2H3/t15?,17-,18-,19?,20?,21+/m0/s1. The van der Waals surface area contributed by atoms with Crippen molar-refractivity contribution >= 4 is 33.4 Å². The summed E-state index contributed by atoms with van der Waals surface area (Å²) in [5.74, 6) is 0. The van der Waals surface area contributed by atoms with E-state index in [1.807, 2.05) is 42.5 Å². The molecular weight excluding hydrogens is 484 g/mol. The minimum Gasteiger partial charge on any atom is -0.377 e. The predicted molar refractivity (Wildman–Crippen MR) is 119 cm³/mol. The van der Waals surface area contributed by atoms with Crippen molar-refractivity contribution < 1.29 is 18.9 Å². The Bertz CT molecular complexity index is 1010. The lowest BCUT2D eigenvalue weighted by atomic mass is 9.96. The molecule has 31 heavy (non-hydrogen) atoms. The molecule has 160 valence electrons. The van der Waals surface area contributed by atoms with Crippen molar-refractivity contribution in [2.24, 2.45) is 5.11 Å². The highest BCUT2D eigenvalue weighted by Crippen LogP contribution is 2.43. The third-order valence-electron chi connectivity index (χ3n) is 5.12. The monoisotopic (exact) mass is 502 g/mol. The third-order valence-corrected chi connectivity index (χ3v) is 6.81. The van der Waals surface area contributed by atoms with Crippen LogP contribution < -0.4 is 0 Å². The lowest BCUT2D eigenvalue weighted by Crippen LogP contribution is -2.60. The summed E-state index contributed by atoms with van der Waals surface area (Å²) in [5.41, 5.74) is 10.1. The van der Waals surface area contributed by atoms with Crippen LogP contribution in [0, 0.1) is 6.57 Å². The van der Waals surface area contributed by atoms with Crippen molar-refractivity contribution in [2.75, 3.05) is 13.7 Å². The summed E-state index contributed by atoms with van der Waals surface area (Å²) in [4.78, 5) is 7.37. The first-order valence-electron chi connectivity index (χ1n) is 9.52. The van der Waals surface area contributed by atoms with Gasteiger partial charge in [-0.2, -0.15) is 0 Å². The van der Waals surface area contributed by atoms with E-state index in [1.165, 1.54) is 11.8 Å². The van der Waals surface area contributed by atoms with Crippen molar-refractivity contribution in [1.29, 1.82) is 0 Å². The van der Waals surface area contributed by atoms with Crippen molar-refractivity contribution in [1.82, 2.24) is 0 Å². The second kappa shape index (κ2) is 10.0. The van der Waals surface area contributed by atoms with Gasteiger partial charge in [-0.15, -0.1) is 11.8 Å². The Morgan fingerprint density at radius 1 is 1.23 bits per heavy atom. The van der Waals surface area contributed by atoms with E-state index in [4.69, 9.17) is 25.5 Å². The number of nitrogens with zero attached hydrogens (tertiary/aromatic N) is 4. The smallest absolute Gasteiger partial charge is 0.200 e. The van der Waals surface area contributed by atoms with Crippen LogP contribution >= 0.6 is 27.7 Å². The highest BCUT2D eigenvalue weighted by atomic mass is 79.9. The molecular formula is C21H19BrN4O4S. The Hall–Kier alpha value is -2.09. The molecule has 10 heteroatoms. The predicted octanol–water partition coefficient (Wildman–Crippen LogP) is 5.62. The molecule has 0 amide bonds. The van der Waals surface area contributed by atoms with E-state index in [0.717, 1.165) is 14.9 Å². The zero-order valence-corrected chi connectivity index (χ0v) is 18.9. The largest absolute Gasteiger partial charge is 0.377 e. The van der Waals surface area contributed by atoms with Crippen LogP contribution in [0.5, 0.6) is 0 Å². The summed E-state index contributed by atoms with van der Waals surface area (Å²) in [6.45, 7) is 7.72. The summed E-state index contributed by atoms with van der Waals surface area (Å²) in [6.07, 6.45) is -2.13.